The summed E-state index contributed by atoms with van der Waals surface area (Å²) in [4.78, 5) is 12.0. The van der Waals surface area contributed by atoms with E-state index in [0.717, 1.165) is 12.2 Å². The maximum atomic E-state index is 12.0. The molecule has 0 heterocycles. The SMILES string of the molecule is CC(C)CNC(=O)c1ccc(Cc2cccc(OC(C)C)c2)cc1. The third-order valence-electron chi connectivity index (χ3n) is 3.57. The second kappa shape index (κ2) is 8.53. The Bertz CT molecular complexity index is 660. The lowest BCUT2D eigenvalue weighted by atomic mass is 10.0. The molecule has 1 amide bonds. The van der Waals surface area contributed by atoms with Gasteiger partial charge < -0.3 is 10.1 Å². The molecule has 128 valence electrons. The number of amides is 1. The molecule has 0 saturated heterocycles. The van der Waals surface area contributed by atoms with E-state index in [0.29, 0.717) is 18.0 Å². The summed E-state index contributed by atoms with van der Waals surface area (Å²) in [5, 5.41) is 2.94. The van der Waals surface area contributed by atoms with Gasteiger partial charge in [-0.3, -0.25) is 4.79 Å². The van der Waals surface area contributed by atoms with Crippen molar-refractivity contribution in [2.24, 2.45) is 5.92 Å². The molecule has 0 aliphatic heterocycles. The van der Waals surface area contributed by atoms with Gasteiger partial charge >= 0.3 is 0 Å². The van der Waals surface area contributed by atoms with Crippen molar-refractivity contribution in [1.29, 1.82) is 0 Å². The van der Waals surface area contributed by atoms with Crippen molar-refractivity contribution >= 4 is 5.91 Å². The lowest BCUT2D eigenvalue weighted by Gasteiger charge is -2.11. The van der Waals surface area contributed by atoms with Crippen LogP contribution in [0.3, 0.4) is 0 Å². The van der Waals surface area contributed by atoms with Gasteiger partial charge in [0.1, 0.15) is 5.75 Å². The number of carbonyl (C=O) groups is 1. The first kappa shape index (κ1) is 18.1. The minimum absolute atomic E-state index is 0.0115. The van der Waals surface area contributed by atoms with Gasteiger partial charge in [-0.2, -0.15) is 0 Å². The van der Waals surface area contributed by atoms with Crippen LogP contribution in [0.4, 0.5) is 0 Å². The van der Waals surface area contributed by atoms with E-state index in [1.165, 1.54) is 11.1 Å². The predicted octanol–water partition coefficient (Wildman–Crippen LogP) is 4.45. The number of hydrogen-bond donors (Lipinski definition) is 1. The highest BCUT2D eigenvalue weighted by Gasteiger charge is 2.06. The van der Waals surface area contributed by atoms with E-state index < -0.39 is 0 Å². The highest BCUT2D eigenvalue weighted by molar-refractivity contribution is 5.94. The van der Waals surface area contributed by atoms with E-state index in [1.807, 2.05) is 50.2 Å². The molecule has 0 aliphatic carbocycles. The molecule has 0 spiro atoms. The first-order valence-electron chi connectivity index (χ1n) is 8.56. The Kier molecular flexibility index (Phi) is 6.42. The molecule has 0 fully saturated rings. The lowest BCUT2D eigenvalue weighted by Crippen LogP contribution is -2.27. The first-order valence-corrected chi connectivity index (χ1v) is 8.56. The Morgan fingerprint density at radius 2 is 1.71 bits per heavy atom. The summed E-state index contributed by atoms with van der Waals surface area (Å²) in [5.41, 5.74) is 3.08. The number of ether oxygens (including phenoxy) is 1. The Balaban J connectivity index is 2.00. The normalized spacial score (nSPS) is 10.9. The van der Waals surface area contributed by atoms with E-state index in [4.69, 9.17) is 4.74 Å². The zero-order valence-corrected chi connectivity index (χ0v) is 15.0. The van der Waals surface area contributed by atoms with Crippen LogP contribution in [-0.4, -0.2) is 18.6 Å². The minimum atomic E-state index is -0.0115. The van der Waals surface area contributed by atoms with Crippen molar-refractivity contribution in [2.45, 2.75) is 40.2 Å². The van der Waals surface area contributed by atoms with Crippen LogP contribution in [0.1, 0.15) is 49.2 Å². The number of carbonyl (C=O) groups excluding carboxylic acids is 1. The standard InChI is InChI=1S/C21H27NO2/c1-15(2)14-22-21(23)19-10-8-17(9-11-19)12-18-6-5-7-20(13-18)24-16(3)4/h5-11,13,15-16H,12,14H2,1-4H3,(H,22,23). The number of benzene rings is 2. The lowest BCUT2D eigenvalue weighted by molar-refractivity contribution is 0.0949. The fourth-order valence-corrected chi connectivity index (χ4v) is 2.41. The van der Waals surface area contributed by atoms with Crippen molar-refractivity contribution < 1.29 is 9.53 Å². The maximum Gasteiger partial charge on any atom is 0.251 e. The molecular formula is C21H27NO2. The van der Waals surface area contributed by atoms with Gasteiger partial charge in [0.25, 0.3) is 5.91 Å². The molecule has 0 saturated carbocycles. The van der Waals surface area contributed by atoms with E-state index in [1.54, 1.807) is 0 Å². The Morgan fingerprint density at radius 1 is 1.00 bits per heavy atom. The monoisotopic (exact) mass is 325 g/mol. The topological polar surface area (TPSA) is 38.3 Å². The van der Waals surface area contributed by atoms with Crippen LogP contribution in [0.15, 0.2) is 48.5 Å². The summed E-state index contributed by atoms with van der Waals surface area (Å²) in [5.74, 6) is 1.34. The smallest absolute Gasteiger partial charge is 0.251 e. The average Bonchev–Trinajstić information content (AvgIpc) is 2.53. The van der Waals surface area contributed by atoms with Crippen LogP contribution in [-0.2, 0) is 6.42 Å². The van der Waals surface area contributed by atoms with Gasteiger partial charge in [0, 0.05) is 12.1 Å². The van der Waals surface area contributed by atoms with E-state index in [2.05, 4.69) is 31.3 Å². The molecule has 3 heteroatoms. The van der Waals surface area contributed by atoms with Gasteiger partial charge in [0.15, 0.2) is 0 Å². The fourth-order valence-electron chi connectivity index (χ4n) is 2.41. The van der Waals surface area contributed by atoms with Crippen LogP contribution in [0.2, 0.25) is 0 Å². The average molecular weight is 325 g/mol. The summed E-state index contributed by atoms with van der Waals surface area (Å²) < 4.78 is 5.74. The zero-order valence-electron chi connectivity index (χ0n) is 15.0. The number of hydrogen-bond acceptors (Lipinski definition) is 2. The molecule has 24 heavy (non-hydrogen) atoms. The van der Waals surface area contributed by atoms with Crippen molar-refractivity contribution in [3.8, 4) is 5.75 Å². The first-order chi connectivity index (χ1) is 11.4. The third-order valence-corrected chi connectivity index (χ3v) is 3.57. The van der Waals surface area contributed by atoms with Gasteiger partial charge in [-0.05, 0) is 61.6 Å². The molecule has 0 aliphatic rings. The van der Waals surface area contributed by atoms with Gasteiger partial charge in [-0.1, -0.05) is 38.1 Å². The van der Waals surface area contributed by atoms with Crippen molar-refractivity contribution in [3.63, 3.8) is 0 Å². The number of rotatable bonds is 7. The summed E-state index contributed by atoms with van der Waals surface area (Å²) in [6, 6.07) is 16.0. The summed E-state index contributed by atoms with van der Waals surface area (Å²) in [6.07, 6.45) is 0.993. The van der Waals surface area contributed by atoms with Gasteiger partial charge in [0.2, 0.25) is 0 Å². The quantitative estimate of drug-likeness (QED) is 0.816. The zero-order chi connectivity index (χ0) is 17.5. The molecule has 0 radical (unpaired) electrons. The van der Waals surface area contributed by atoms with Gasteiger partial charge in [0.05, 0.1) is 6.10 Å². The maximum absolute atomic E-state index is 12.0. The van der Waals surface area contributed by atoms with Gasteiger partial charge in [-0.15, -0.1) is 0 Å². The highest BCUT2D eigenvalue weighted by Crippen LogP contribution is 2.18. The van der Waals surface area contributed by atoms with Crippen molar-refractivity contribution in [2.75, 3.05) is 6.54 Å². The highest BCUT2D eigenvalue weighted by atomic mass is 16.5. The largest absolute Gasteiger partial charge is 0.491 e. The summed E-state index contributed by atoms with van der Waals surface area (Å²) in [7, 11) is 0. The van der Waals surface area contributed by atoms with Crippen LogP contribution in [0.25, 0.3) is 0 Å². The third kappa shape index (κ3) is 5.73. The second-order valence-electron chi connectivity index (χ2n) is 6.79. The summed E-state index contributed by atoms with van der Waals surface area (Å²) >= 11 is 0. The molecule has 0 aromatic heterocycles. The number of nitrogens with one attached hydrogen (secondary N) is 1. The van der Waals surface area contributed by atoms with E-state index in [-0.39, 0.29) is 12.0 Å². The van der Waals surface area contributed by atoms with Gasteiger partial charge in [-0.25, -0.2) is 0 Å². The molecular weight excluding hydrogens is 298 g/mol. The van der Waals surface area contributed by atoms with Crippen LogP contribution in [0, 0.1) is 5.92 Å². The molecule has 1 N–H and O–H groups in total. The molecule has 2 aromatic carbocycles. The van der Waals surface area contributed by atoms with E-state index in [9.17, 15) is 4.79 Å². The van der Waals surface area contributed by atoms with E-state index >= 15 is 0 Å². The molecule has 3 nitrogen and oxygen atoms in total. The predicted molar refractivity (Wildman–Crippen MR) is 98.6 cm³/mol. The fraction of sp³-hybridized carbons (Fsp3) is 0.381. The molecule has 0 bridgehead atoms. The molecule has 0 unspecified atom stereocenters. The molecule has 0 atom stereocenters. The molecule has 2 aromatic rings. The van der Waals surface area contributed by atoms with Crippen molar-refractivity contribution in [3.05, 3.63) is 65.2 Å². The Morgan fingerprint density at radius 3 is 2.33 bits per heavy atom. The minimum Gasteiger partial charge on any atom is -0.491 e. The molecule has 2 rings (SSSR count). The van der Waals surface area contributed by atoms with Crippen LogP contribution >= 0.6 is 0 Å². The van der Waals surface area contributed by atoms with Crippen LogP contribution in [0.5, 0.6) is 5.75 Å². The van der Waals surface area contributed by atoms with Crippen molar-refractivity contribution in [1.82, 2.24) is 5.32 Å². The second-order valence-corrected chi connectivity index (χ2v) is 6.79. The van der Waals surface area contributed by atoms with Crippen LogP contribution < -0.4 is 10.1 Å². The Hall–Kier alpha value is -2.29. The summed E-state index contributed by atoms with van der Waals surface area (Å²) in [6.45, 7) is 8.91. The Labute approximate surface area is 145 Å².